The van der Waals surface area contributed by atoms with Gasteiger partial charge >= 0.3 is 0 Å². The summed E-state index contributed by atoms with van der Waals surface area (Å²) in [6.07, 6.45) is 4.01. The Bertz CT molecular complexity index is 340. The molecule has 1 fully saturated rings. The van der Waals surface area contributed by atoms with E-state index in [1.807, 2.05) is 11.3 Å². The van der Waals surface area contributed by atoms with Crippen molar-refractivity contribution in [1.29, 1.82) is 0 Å². The van der Waals surface area contributed by atoms with E-state index in [0.717, 1.165) is 19.0 Å². The highest BCUT2D eigenvalue weighted by atomic mass is 79.9. The number of thiophene rings is 1. The Hall–Kier alpha value is 0.1000. The lowest BCUT2D eigenvalue weighted by Crippen LogP contribution is -2.44. The van der Waals surface area contributed by atoms with E-state index >= 15 is 0 Å². The fourth-order valence-electron chi connectivity index (χ4n) is 2.44. The molecular formula is C13H21BrN2S. The van der Waals surface area contributed by atoms with Crippen molar-refractivity contribution in [3.05, 3.63) is 20.8 Å². The van der Waals surface area contributed by atoms with Gasteiger partial charge in [0, 0.05) is 24.0 Å². The molecule has 17 heavy (non-hydrogen) atoms. The van der Waals surface area contributed by atoms with E-state index in [9.17, 15) is 0 Å². The standard InChI is InChI=1S/C13H21BrN2S/c1-2-10-5-6-16-11(7-10)8-15-9-12-3-4-13(14)17-12/h3-4,10-11,15-16H,2,5-9H2,1H3. The summed E-state index contributed by atoms with van der Waals surface area (Å²) in [5.41, 5.74) is 0. The number of hydrogen-bond donors (Lipinski definition) is 2. The fraction of sp³-hybridized carbons (Fsp3) is 0.692. The number of piperidine rings is 1. The largest absolute Gasteiger partial charge is 0.313 e. The zero-order chi connectivity index (χ0) is 12.1. The lowest BCUT2D eigenvalue weighted by atomic mass is 9.90. The Morgan fingerprint density at radius 3 is 3.12 bits per heavy atom. The van der Waals surface area contributed by atoms with Crippen molar-refractivity contribution in [3.8, 4) is 0 Å². The molecule has 2 unspecified atom stereocenters. The van der Waals surface area contributed by atoms with Gasteiger partial charge in [0.1, 0.15) is 0 Å². The van der Waals surface area contributed by atoms with E-state index in [4.69, 9.17) is 0 Å². The van der Waals surface area contributed by atoms with Crippen LogP contribution in [0.3, 0.4) is 0 Å². The van der Waals surface area contributed by atoms with Crippen LogP contribution in [0.4, 0.5) is 0 Å². The van der Waals surface area contributed by atoms with Crippen LogP contribution in [0.25, 0.3) is 0 Å². The summed E-state index contributed by atoms with van der Waals surface area (Å²) < 4.78 is 1.22. The van der Waals surface area contributed by atoms with Gasteiger partial charge in [0.15, 0.2) is 0 Å². The first-order valence-corrected chi connectivity index (χ1v) is 8.07. The Morgan fingerprint density at radius 1 is 1.53 bits per heavy atom. The molecule has 0 radical (unpaired) electrons. The minimum absolute atomic E-state index is 0.664. The number of nitrogens with one attached hydrogen (secondary N) is 2. The zero-order valence-electron chi connectivity index (χ0n) is 10.3. The number of hydrogen-bond acceptors (Lipinski definition) is 3. The van der Waals surface area contributed by atoms with Gasteiger partial charge in [0.05, 0.1) is 3.79 Å². The van der Waals surface area contributed by atoms with Gasteiger partial charge in [-0.1, -0.05) is 13.3 Å². The van der Waals surface area contributed by atoms with Gasteiger partial charge < -0.3 is 10.6 Å². The molecule has 1 aromatic heterocycles. The second-order valence-electron chi connectivity index (χ2n) is 4.79. The fourth-order valence-corrected chi connectivity index (χ4v) is 3.89. The van der Waals surface area contributed by atoms with Crippen LogP contribution in [0.15, 0.2) is 15.9 Å². The zero-order valence-corrected chi connectivity index (χ0v) is 12.7. The quantitative estimate of drug-likeness (QED) is 0.870. The molecule has 2 rings (SSSR count). The predicted molar refractivity (Wildman–Crippen MR) is 78.5 cm³/mol. The summed E-state index contributed by atoms with van der Waals surface area (Å²) in [5.74, 6) is 0.930. The first kappa shape index (κ1) is 13.5. The van der Waals surface area contributed by atoms with Crippen LogP contribution in [-0.4, -0.2) is 19.1 Å². The van der Waals surface area contributed by atoms with Crippen molar-refractivity contribution in [2.24, 2.45) is 5.92 Å². The van der Waals surface area contributed by atoms with Crippen LogP contribution in [0.5, 0.6) is 0 Å². The molecule has 0 aliphatic carbocycles. The highest BCUT2D eigenvalue weighted by Crippen LogP contribution is 2.22. The maximum atomic E-state index is 3.61. The molecule has 0 bridgehead atoms. The third-order valence-corrected chi connectivity index (χ3v) is 5.12. The summed E-state index contributed by atoms with van der Waals surface area (Å²) in [6, 6.07) is 4.97. The molecule has 0 amide bonds. The van der Waals surface area contributed by atoms with Crippen molar-refractivity contribution in [3.63, 3.8) is 0 Å². The summed E-state index contributed by atoms with van der Waals surface area (Å²) >= 11 is 5.31. The van der Waals surface area contributed by atoms with Crippen LogP contribution >= 0.6 is 27.3 Å². The van der Waals surface area contributed by atoms with E-state index in [2.05, 4.69) is 45.6 Å². The SMILES string of the molecule is CCC1CCNC(CNCc2ccc(Br)s2)C1. The highest BCUT2D eigenvalue weighted by Gasteiger charge is 2.19. The van der Waals surface area contributed by atoms with Crippen LogP contribution in [-0.2, 0) is 6.54 Å². The monoisotopic (exact) mass is 316 g/mol. The molecule has 2 N–H and O–H groups in total. The Morgan fingerprint density at radius 2 is 2.41 bits per heavy atom. The highest BCUT2D eigenvalue weighted by molar-refractivity contribution is 9.11. The summed E-state index contributed by atoms with van der Waals surface area (Å²) in [4.78, 5) is 1.40. The van der Waals surface area contributed by atoms with E-state index in [1.165, 1.54) is 34.5 Å². The van der Waals surface area contributed by atoms with Crippen molar-refractivity contribution < 1.29 is 0 Å². The summed E-state index contributed by atoms with van der Waals surface area (Å²) in [5, 5.41) is 7.16. The van der Waals surface area contributed by atoms with Crippen molar-refractivity contribution in [2.75, 3.05) is 13.1 Å². The number of halogens is 1. The first-order valence-electron chi connectivity index (χ1n) is 6.46. The van der Waals surface area contributed by atoms with Crippen molar-refractivity contribution in [1.82, 2.24) is 10.6 Å². The maximum absolute atomic E-state index is 3.61. The van der Waals surface area contributed by atoms with Gasteiger partial charge in [-0.15, -0.1) is 11.3 Å². The molecule has 1 aliphatic rings. The average Bonchev–Trinajstić information content (AvgIpc) is 2.75. The van der Waals surface area contributed by atoms with Gasteiger partial charge in [0.25, 0.3) is 0 Å². The third-order valence-electron chi connectivity index (χ3n) is 3.50. The van der Waals surface area contributed by atoms with Gasteiger partial charge in [-0.05, 0) is 53.4 Å². The molecule has 1 aromatic rings. The second-order valence-corrected chi connectivity index (χ2v) is 7.33. The molecule has 2 nitrogen and oxygen atoms in total. The Kier molecular flexibility index (Phi) is 5.48. The van der Waals surface area contributed by atoms with Crippen LogP contribution in [0, 0.1) is 5.92 Å². The summed E-state index contributed by atoms with van der Waals surface area (Å²) in [7, 11) is 0. The maximum Gasteiger partial charge on any atom is 0.0701 e. The molecule has 96 valence electrons. The van der Waals surface area contributed by atoms with Crippen LogP contribution in [0.1, 0.15) is 31.1 Å². The minimum Gasteiger partial charge on any atom is -0.313 e. The molecule has 2 heterocycles. The molecule has 0 saturated carbocycles. The number of rotatable bonds is 5. The summed E-state index contributed by atoms with van der Waals surface area (Å²) in [6.45, 7) is 5.58. The van der Waals surface area contributed by atoms with Crippen LogP contribution in [0.2, 0.25) is 0 Å². The molecular weight excluding hydrogens is 296 g/mol. The van der Waals surface area contributed by atoms with Gasteiger partial charge in [0.2, 0.25) is 0 Å². The van der Waals surface area contributed by atoms with E-state index in [-0.39, 0.29) is 0 Å². The second kappa shape index (κ2) is 6.88. The minimum atomic E-state index is 0.664. The van der Waals surface area contributed by atoms with Crippen LogP contribution < -0.4 is 10.6 Å². The molecule has 1 saturated heterocycles. The van der Waals surface area contributed by atoms with Gasteiger partial charge in [-0.2, -0.15) is 0 Å². The molecule has 4 heteroatoms. The smallest absolute Gasteiger partial charge is 0.0701 e. The van der Waals surface area contributed by atoms with E-state index < -0.39 is 0 Å². The van der Waals surface area contributed by atoms with Gasteiger partial charge in [-0.3, -0.25) is 0 Å². The van der Waals surface area contributed by atoms with E-state index in [0.29, 0.717) is 6.04 Å². The van der Waals surface area contributed by atoms with E-state index in [1.54, 1.807) is 0 Å². The topological polar surface area (TPSA) is 24.1 Å². The third kappa shape index (κ3) is 4.36. The molecule has 2 atom stereocenters. The Balaban J connectivity index is 1.68. The molecule has 1 aliphatic heterocycles. The average molecular weight is 317 g/mol. The first-order chi connectivity index (χ1) is 8.28. The molecule has 0 spiro atoms. The predicted octanol–water partition coefficient (Wildman–Crippen LogP) is 3.38. The lowest BCUT2D eigenvalue weighted by Gasteiger charge is -2.29. The molecule has 0 aromatic carbocycles. The van der Waals surface area contributed by atoms with Crippen molar-refractivity contribution in [2.45, 2.75) is 38.8 Å². The van der Waals surface area contributed by atoms with Crippen molar-refractivity contribution >= 4 is 27.3 Å². The normalized spacial score (nSPS) is 25.1. The lowest BCUT2D eigenvalue weighted by molar-refractivity contribution is 0.288. The van der Waals surface area contributed by atoms with Gasteiger partial charge in [-0.25, -0.2) is 0 Å². The Labute approximate surface area is 116 Å².